The lowest BCUT2D eigenvalue weighted by Crippen LogP contribution is -2.40. The molecule has 0 saturated carbocycles. The van der Waals surface area contributed by atoms with Gasteiger partial charge in [-0.2, -0.15) is 0 Å². The van der Waals surface area contributed by atoms with Crippen molar-refractivity contribution in [1.82, 2.24) is 4.90 Å². The summed E-state index contributed by atoms with van der Waals surface area (Å²) in [5.41, 5.74) is 0.748. The number of hydrogen-bond donors (Lipinski definition) is 1. The highest BCUT2D eigenvalue weighted by Crippen LogP contribution is 2.10. The van der Waals surface area contributed by atoms with Gasteiger partial charge in [0.1, 0.15) is 0 Å². The summed E-state index contributed by atoms with van der Waals surface area (Å²) in [6, 6.07) is 9.24. The molecule has 4 heteroatoms. The Kier molecular flexibility index (Phi) is 7.33. The first-order valence-corrected chi connectivity index (χ1v) is 6.68. The van der Waals surface area contributed by atoms with Crippen molar-refractivity contribution >= 4 is 5.78 Å². The summed E-state index contributed by atoms with van der Waals surface area (Å²) in [6.07, 6.45) is 0.768. The maximum atomic E-state index is 12.4. The molecule has 0 aliphatic carbocycles. The van der Waals surface area contributed by atoms with E-state index in [0.717, 1.165) is 12.0 Å². The molecule has 0 aliphatic heterocycles. The van der Waals surface area contributed by atoms with Crippen molar-refractivity contribution in [1.29, 1.82) is 0 Å². The van der Waals surface area contributed by atoms with Crippen LogP contribution >= 0.6 is 0 Å². The first kappa shape index (κ1) is 15.8. The second-order valence-corrected chi connectivity index (χ2v) is 4.47. The number of ether oxygens (including phenoxy) is 1. The van der Waals surface area contributed by atoms with Gasteiger partial charge in [-0.05, 0) is 13.5 Å². The normalized spacial score (nSPS) is 12.6. The number of likely N-dealkylation sites (N-methyl/N-ethyl adjacent to an activating group) is 1. The van der Waals surface area contributed by atoms with Crippen LogP contribution in [0.4, 0.5) is 0 Å². The van der Waals surface area contributed by atoms with Crippen LogP contribution in [0.2, 0.25) is 0 Å². The van der Waals surface area contributed by atoms with E-state index < -0.39 is 0 Å². The molecule has 0 fully saturated rings. The van der Waals surface area contributed by atoms with Gasteiger partial charge in [-0.25, -0.2) is 0 Å². The van der Waals surface area contributed by atoms with E-state index in [-0.39, 0.29) is 18.4 Å². The minimum Gasteiger partial charge on any atom is -0.394 e. The van der Waals surface area contributed by atoms with Gasteiger partial charge in [-0.15, -0.1) is 0 Å². The fourth-order valence-corrected chi connectivity index (χ4v) is 2.02. The number of aliphatic hydroxyl groups is 1. The molecule has 0 aliphatic rings. The zero-order valence-electron chi connectivity index (χ0n) is 11.7. The van der Waals surface area contributed by atoms with E-state index in [1.807, 2.05) is 49.2 Å². The zero-order valence-corrected chi connectivity index (χ0v) is 11.7. The lowest BCUT2D eigenvalue weighted by molar-refractivity contribution is 0.0625. The predicted octanol–water partition coefficient (Wildman–Crippen LogP) is 1.59. The molecule has 1 unspecified atom stereocenters. The fourth-order valence-electron chi connectivity index (χ4n) is 2.02. The number of carbonyl (C=O) groups excluding carboxylic acids is 1. The fraction of sp³-hybridized carbons (Fsp3) is 0.533. The Balaban J connectivity index is 2.54. The summed E-state index contributed by atoms with van der Waals surface area (Å²) in [5, 5.41) is 8.63. The van der Waals surface area contributed by atoms with Gasteiger partial charge in [0.25, 0.3) is 0 Å². The highest BCUT2D eigenvalue weighted by Gasteiger charge is 2.22. The van der Waals surface area contributed by atoms with Crippen molar-refractivity contribution in [2.24, 2.45) is 0 Å². The first-order chi connectivity index (χ1) is 9.20. The quantitative estimate of drug-likeness (QED) is 0.544. The number of hydrogen-bond acceptors (Lipinski definition) is 4. The molecule has 1 aromatic carbocycles. The molecular weight excluding hydrogens is 242 g/mol. The maximum Gasteiger partial charge on any atom is 0.179 e. The molecule has 0 radical (unpaired) electrons. The summed E-state index contributed by atoms with van der Waals surface area (Å²) in [7, 11) is 1.93. The van der Waals surface area contributed by atoms with Crippen molar-refractivity contribution in [3.05, 3.63) is 35.9 Å². The molecule has 19 heavy (non-hydrogen) atoms. The van der Waals surface area contributed by atoms with Gasteiger partial charge in [0.15, 0.2) is 5.78 Å². The second-order valence-electron chi connectivity index (χ2n) is 4.47. The molecule has 106 valence electrons. The standard InChI is InChI=1S/C15H23NO3/c1-3-14(16(2)9-11-19-12-10-17)15(18)13-7-5-4-6-8-13/h4-8,14,17H,3,9-12H2,1-2H3. The molecule has 0 amide bonds. The Morgan fingerprint density at radius 3 is 2.58 bits per heavy atom. The van der Waals surface area contributed by atoms with Crippen LogP contribution in [0.1, 0.15) is 23.7 Å². The van der Waals surface area contributed by atoms with E-state index in [2.05, 4.69) is 0 Å². The summed E-state index contributed by atoms with van der Waals surface area (Å²) >= 11 is 0. The van der Waals surface area contributed by atoms with Crippen LogP contribution in [0.3, 0.4) is 0 Å². The third kappa shape index (κ3) is 5.11. The van der Waals surface area contributed by atoms with Gasteiger partial charge in [0, 0.05) is 12.1 Å². The Morgan fingerprint density at radius 1 is 1.32 bits per heavy atom. The zero-order chi connectivity index (χ0) is 14.1. The van der Waals surface area contributed by atoms with Crippen LogP contribution < -0.4 is 0 Å². The van der Waals surface area contributed by atoms with Crippen LogP contribution in [0.15, 0.2) is 30.3 Å². The van der Waals surface area contributed by atoms with E-state index in [0.29, 0.717) is 19.8 Å². The second kappa shape index (κ2) is 8.80. The van der Waals surface area contributed by atoms with E-state index >= 15 is 0 Å². The number of carbonyl (C=O) groups is 1. The van der Waals surface area contributed by atoms with Crippen LogP contribution in [-0.4, -0.2) is 55.2 Å². The van der Waals surface area contributed by atoms with Crippen molar-refractivity contribution in [2.75, 3.05) is 33.4 Å². The average Bonchev–Trinajstić information content (AvgIpc) is 2.45. The maximum absolute atomic E-state index is 12.4. The average molecular weight is 265 g/mol. The molecule has 1 rings (SSSR count). The van der Waals surface area contributed by atoms with Gasteiger partial charge in [0.05, 0.1) is 25.9 Å². The van der Waals surface area contributed by atoms with Crippen molar-refractivity contribution in [2.45, 2.75) is 19.4 Å². The Morgan fingerprint density at radius 2 is 2.00 bits per heavy atom. The van der Waals surface area contributed by atoms with Crippen LogP contribution in [0, 0.1) is 0 Å². The molecule has 0 heterocycles. The number of benzene rings is 1. The molecule has 1 atom stereocenters. The molecular formula is C15H23NO3. The van der Waals surface area contributed by atoms with Gasteiger partial charge < -0.3 is 9.84 Å². The number of aliphatic hydroxyl groups excluding tert-OH is 1. The van der Waals surface area contributed by atoms with Crippen molar-refractivity contribution in [3.8, 4) is 0 Å². The van der Waals surface area contributed by atoms with E-state index in [4.69, 9.17) is 9.84 Å². The SMILES string of the molecule is CCC(C(=O)c1ccccc1)N(C)CCOCCO. The number of rotatable bonds is 9. The minimum absolute atomic E-state index is 0.0316. The third-order valence-corrected chi connectivity index (χ3v) is 3.10. The molecule has 0 aromatic heterocycles. The first-order valence-electron chi connectivity index (χ1n) is 6.68. The van der Waals surface area contributed by atoms with Gasteiger partial charge in [0.2, 0.25) is 0 Å². The highest BCUT2D eigenvalue weighted by molar-refractivity contribution is 6.00. The Bertz CT molecular complexity index is 367. The third-order valence-electron chi connectivity index (χ3n) is 3.10. The molecule has 0 spiro atoms. The summed E-state index contributed by atoms with van der Waals surface area (Å²) in [5.74, 6) is 0.146. The van der Waals surface area contributed by atoms with Crippen LogP contribution in [-0.2, 0) is 4.74 Å². The predicted molar refractivity (Wildman–Crippen MR) is 75.4 cm³/mol. The van der Waals surface area contributed by atoms with E-state index in [9.17, 15) is 4.79 Å². The highest BCUT2D eigenvalue weighted by atomic mass is 16.5. The lowest BCUT2D eigenvalue weighted by atomic mass is 10.0. The molecule has 4 nitrogen and oxygen atoms in total. The molecule has 0 bridgehead atoms. The van der Waals surface area contributed by atoms with Gasteiger partial charge >= 0.3 is 0 Å². The van der Waals surface area contributed by atoms with Crippen LogP contribution in [0.5, 0.6) is 0 Å². The number of Topliss-reactive ketones (excluding diaryl/α,β-unsaturated/α-hetero) is 1. The molecule has 1 aromatic rings. The summed E-state index contributed by atoms with van der Waals surface area (Å²) < 4.78 is 5.23. The number of ketones is 1. The smallest absolute Gasteiger partial charge is 0.179 e. The summed E-state index contributed by atoms with van der Waals surface area (Å²) in [4.78, 5) is 14.4. The van der Waals surface area contributed by atoms with E-state index in [1.54, 1.807) is 0 Å². The van der Waals surface area contributed by atoms with Crippen LogP contribution in [0.25, 0.3) is 0 Å². The minimum atomic E-state index is -0.125. The summed E-state index contributed by atoms with van der Waals surface area (Å²) in [6.45, 7) is 3.59. The topological polar surface area (TPSA) is 49.8 Å². The monoisotopic (exact) mass is 265 g/mol. The Hall–Kier alpha value is -1.23. The van der Waals surface area contributed by atoms with E-state index in [1.165, 1.54) is 0 Å². The molecule has 1 N–H and O–H groups in total. The lowest BCUT2D eigenvalue weighted by Gasteiger charge is -2.25. The van der Waals surface area contributed by atoms with Gasteiger partial charge in [-0.3, -0.25) is 9.69 Å². The van der Waals surface area contributed by atoms with Crippen molar-refractivity contribution < 1.29 is 14.6 Å². The Labute approximate surface area is 115 Å². The molecule has 0 saturated heterocycles. The van der Waals surface area contributed by atoms with Gasteiger partial charge in [-0.1, -0.05) is 37.3 Å². The van der Waals surface area contributed by atoms with Crippen molar-refractivity contribution in [3.63, 3.8) is 0 Å². The number of nitrogens with zero attached hydrogens (tertiary/aromatic N) is 1. The largest absolute Gasteiger partial charge is 0.394 e.